The van der Waals surface area contributed by atoms with Crippen molar-refractivity contribution in [2.45, 2.75) is 0 Å². The summed E-state index contributed by atoms with van der Waals surface area (Å²) in [5.74, 6) is 0. The minimum Gasteiger partial charge on any atom is -0.192 e. The molecule has 0 bridgehead atoms. The maximum Gasteiger partial charge on any atom is 0.0998 e. The summed E-state index contributed by atoms with van der Waals surface area (Å²) in [4.78, 5) is 0. The van der Waals surface area contributed by atoms with Crippen LogP contribution < -0.4 is 0 Å². The molecule has 0 fully saturated rings. The van der Waals surface area contributed by atoms with E-state index in [1.807, 2.05) is 48.5 Å². The summed E-state index contributed by atoms with van der Waals surface area (Å²) in [7, 11) is 0. The Labute approximate surface area is 95.3 Å². The van der Waals surface area contributed by atoms with E-state index in [0.717, 1.165) is 16.7 Å². The van der Waals surface area contributed by atoms with Gasteiger partial charge >= 0.3 is 0 Å². The van der Waals surface area contributed by atoms with Gasteiger partial charge in [0.15, 0.2) is 0 Å². The first-order valence-corrected chi connectivity index (χ1v) is 5.08. The fourth-order valence-electron chi connectivity index (χ4n) is 1.75. The highest BCUT2D eigenvalue weighted by Gasteiger charge is 2.05. The van der Waals surface area contributed by atoms with Gasteiger partial charge in [0, 0.05) is 0 Å². The molecule has 0 saturated heterocycles. The second-order valence-corrected chi connectivity index (χ2v) is 3.45. The summed E-state index contributed by atoms with van der Waals surface area (Å²) >= 11 is 0. The van der Waals surface area contributed by atoms with Crippen molar-refractivity contribution in [2.24, 2.45) is 0 Å². The first kappa shape index (κ1) is 10.2. The van der Waals surface area contributed by atoms with Crippen molar-refractivity contribution >= 4 is 6.08 Å². The number of hydrogen-bond acceptors (Lipinski definition) is 1. The quantitative estimate of drug-likeness (QED) is 0.730. The van der Waals surface area contributed by atoms with Gasteiger partial charge in [-0.3, -0.25) is 0 Å². The van der Waals surface area contributed by atoms with Gasteiger partial charge in [0.05, 0.1) is 11.6 Å². The molecule has 0 aliphatic carbocycles. The van der Waals surface area contributed by atoms with Gasteiger partial charge in [-0.1, -0.05) is 55.1 Å². The highest BCUT2D eigenvalue weighted by atomic mass is 14.2. The molecule has 0 atom stereocenters. The second kappa shape index (κ2) is 4.46. The van der Waals surface area contributed by atoms with Gasteiger partial charge in [-0.2, -0.15) is 5.26 Å². The van der Waals surface area contributed by atoms with E-state index in [0.29, 0.717) is 5.56 Å². The van der Waals surface area contributed by atoms with E-state index in [1.165, 1.54) is 0 Å². The van der Waals surface area contributed by atoms with Crippen LogP contribution in [-0.4, -0.2) is 0 Å². The number of nitriles is 1. The molecule has 0 aromatic heterocycles. The average Bonchev–Trinajstić information content (AvgIpc) is 2.38. The molecule has 0 amide bonds. The lowest BCUT2D eigenvalue weighted by atomic mass is 9.96. The maximum absolute atomic E-state index is 9.02. The molecule has 0 saturated carbocycles. The molecule has 2 aromatic rings. The largest absolute Gasteiger partial charge is 0.192 e. The van der Waals surface area contributed by atoms with Crippen molar-refractivity contribution in [1.29, 1.82) is 5.26 Å². The Balaban J connectivity index is 2.67. The third-order valence-corrected chi connectivity index (χ3v) is 2.52. The monoisotopic (exact) mass is 205 g/mol. The van der Waals surface area contributed by atoms with Crippen LogP contribution in [0.25, 0.3) is 17.2 Å². The molecule has 0 radical (unpaired) electrons. The summed E-state index contributed by atoms with van der Waals surface area (Å²) < 4.78 is 0. The number of hydrogen-bond donors (Lipinski definition) is 0. The van der Waals surface area contributed by atoms with Gasteiger partial charge in [-0.25, -0.2) is 0 Å². The third-order valence-electron chi connectivity index (χ3n) is 2.52. The SMILES string of the molecule is C=Cc1c(C#N)cccc1-c1ccccc1. The summed E-state index contributed by atoms with van der Waals surface area (Å²) in [6.07, 6.45) is 1.74. The van der Waals surface area contributed by atoms with Crippen LogP contribution in [0.2, 0.25) is 0 Å². The van der Waals surface area contributed by atoms with Crippen molar-refractivity contribution in [3.05, 3.63) is 66.2 Å². The summed E-state index contributed by atoms with van der Waals surface area (Å²) in [5.41, 5.74) is 3.72. The van der Waals surface area contributed by atoms with E-state index in [9.17, 15) is 0 Å². The highest BCUT2D eigenvalue weighted by molar-refractivity contribution is 5.78. The van der Waals surface area contributed by atoms with Gasteiger partial charge in [-0.15, -0.1) is 0 Å². The van der Waals surface area contributed by atoms with Crippen LogP contribution in [0.4, 0.5) is 0 Å². The number of benzene rings is 2. The minimum atomic E-state index is 0.663. The topological polar surface area (TPSA) is 23.8 Å². The fourth-order valence-corrected chi connectivity index (χ4v) is 1.75. The Morgan fingerprint density at radius 3 is 2.38 bits per heavy atom. The molecular weight excluding hydrogens is 194 g/mol. The van der Waals surface area contributed by atoms with Crippen LogP contribution in [0.5, 0.6) is 0 Å². The number of nitrogens with zero attached hydrogens (tertiary/aromatic N) is 1. The maximum atomic E-state index is 9.02. The van der Waals surface area contributed by atoms with Gasteiger partial charge in [0.2, 0.25) is 0 Å². The molecule has 2 aromatic carbocycles. The molecule has 1 nitrogen and oxygen atoms in total. The van der Waals surface area contributed by atoms with Gasteiger partial charge < -0.3 is 0 Å². The van der Waals surface area contributed by atoms with Crippen molar-refractivity contribution < 1.29 is 0 Å². The molecule has 0 aliphatic rings. The molecule has 0 unspecified atom stereocenters. The lowest BCUT2D eigenvalue weighted by molar-refractivity contribution is 1.47. The van der Waals surface area contributed by atoms with E-state index in [4.69, 9.17) is 5.26 Å². The standard InChI is InChI=1S/C15H11N/c1-2-14-13(11-16)9-6-10-15(14)12-7-4-3-5-8-12/h2-10H,1H2. The van der Waals surface area contributed by atoms with E-state index in [-0.39, 0.29) is 0 Å². The minimum absolute atomic E-state index is 0.663. The van der Waals surface area contributed by atoms with Crippen LogP contribution in [-0.2, 0) is 0 Å². The fraction of sp³-hybridized carbons (Fsp3) is 0. The van der Waals surface area contributed by atoms with Gasteiger partial charge in [0.1, 0.15) is 0 Å². The van der Waals surface area contributed by atoms with E-state index in [2.05, 4.69) is 12.6 Å². The lowest BCUT2D eigenvalue weighted by Gasteiger charge is -2.07. The molecule has 1 heteroatoms. The predicted molar refractivity (Wildman–Crippen MR) is 66.7 cm³/mol. The molecular formula is C15H11N. The van der Waals surface area contributed by atoms with E-state index < -0.39 is 0 Å². The summed E-state index contributed by atoms with van der Waals surface area (Å²) in [6.45, 7) is 3.77. The van der Waals surface area contributed by atoms with Crippen molar-refractivity contribution in [3.8, 4) is 17.2 Å². The summed E-state index contributed by atoms with van der Waals surface area (Å²) in [5, 5.41) is 9.02. The molecule has 0 N–H and O–H groups in total. The second-order valence-electron chi connectivity index (χ2n) is 3.45. The Morgan fingerprint density at radius 1 is 1.00 bits per heavy atom. The number of rotatable bonds is 2. The van der Waals surface area contributed by atoms with Crippen molar-refractivity contribution in [2.75, 3.05) is 0 Å². The van der Waals surface area contributed by atoms with Crippen molar-refractivity contribution in [1.82, 2.24) is 0 Å². The van der Waals surface area contributed by atoms with E-state index >= 15 is 0 Å². The molecule has 0 aliphatic heterocycles. The Morgan fingerprint density at radius 2 is 1.75 bits per heavy atom. The Kier molecular flexibility index (Phi) is 2.84. The Hall–Kier alpha value is -2.33. The Bertz CT molecular complexity index is 547. The van der Waals surface area contributed by atoms with Crippen LogP contribution in [0.3, 0.4) is 0 Å². The third kappa shape index (κ3) is 1.74. The highest BCUT2D eigenvalue weighted by Crippen LogP contribution is 2.26. The molecule has 2 rings (SSSR count). The zero-order valence-corrected chi connectivity index (χ0v) is 8.85. The van der Waals surface area contributed by atoms with Crippen LogP contribution in [0, 0.1) is 11.3 Å². The van der Waals surface area contributed by atoms with Gasteiger partial charge in [-0.05, 0) is 22.8 Å². The lowest BCUT2D eigenvalue weighted by Crippen LogP contribution is -1.87. The predicted octanol–water partition coefficient (Wildman–Crippen LogP) is 3.87. The van der Waals surface area contributed by atoms with Crippen LogP contribution >= 0.6 is 0 Å². The molecule has 76 valence electrons. The van der Waals surface area contributed by atoms with Crippen molar-refractivity contribution in [3.63, 3.8) is 0 Å². The zero-order chi connectivity index (χ0) is 11.4. The first-order valence-electron chi connectivity index (χ1n) is 5.08. The molecule has 16 heavy (non-hydrogen) atoms. The van der Waals surface area contributed by atoms with Crippen LogP contribution in [0.1, 0.15) is 11.1 Å². The first-order chi connectivity index (χ1) is 7.86. The summed E-state index contributed by atoms with van der Waals surface area (Å²) in [6, 6.07) is 17.9. The average molecular weight is 205 g/mol. The zero-order valence-electron chi connectivity index (χ0n) is 8.85. The molecule has 0 spiro atoms. The van der Waals surface area contributed by atoms with Gasteiger partial charge in [0.25, 0.3) is 0 Å². The molecule has 0 heterocycles. The smallest absolute Gasteiger partial charge is 0.0998 e. The van der Waals surface area contributed by atoms with Crippen LogP contribution in [0.15, 0.2) is 55.1 Å². The normalized spacial score (nSPS) is 9.44. The van der Waals surface area contributed by atoms with E-state index in [1.54, 1.807) is 6.08 Å².